The Morgan fingerprint density at radius 3 is 2.43 bits per heavy atom. The summed E-state index contributed by atoms with van der Waals surface area (Å²) in [6.07, 6.45) is 0. The Morgan fingerprint density at radius 2 is 1.95 bits per heavy atom. The van der Waals surface area contributed by atoms with Gasteiger partial charge in [-0.1, -0.05) is 19.9 Å². The number of nitrogens with one attached hydrogen (secondary N) is 1. The minimum absolute atomic E-state index is 0.0616. The average Bonchev–Trinajstić information content (AvgIpc) is 2.36. The molecule has 0 aliphatic heterocycles. The van der Waals surface area contributed by atoms with Gasteiger partial charge in [-0.25, -0.2) is 17.9 Å². The summed E-state index contributed by atoms with van der Waals surface area (Å²) >= 11 is 0. The first-order chi connectivity index (χ1) is 9.47. The Morgan fingerprint density at radius 1 is 1.38 bits per heavy atom. The fourth-order valence-corrected chi connectivity index (χ4v) is 2.70. The Labute approximate surface area is 124 Å². The van der Waals surface area contributed by atoms with E-state index in [1.165, 1.54) is 19.1 Å². The summed E-state index contributed by atoms with van der Waals surface area (Å²) in [6.45, 7) is 6.55. The Balaban J connectivity index is 3.04. The maximum absolute atomic E-state index is 12.2. The van der Waals surface area contributed by atoms with Crippen molar-refractivity contribution in [2.75, 3.05) is 6.54 Å². The fourth-order valence-electron chi connectivity index (χ4n) is 1.53. The van der Waals surface area contributed by atoms with Gasteiger partial charge in [-0.2, -0.15) is 0 Å². The molecule has 0 aliphatic carbocycles. The number of sulfonamides is 1. The largest absolute Gasteiger partial charge is 0.478 e. The molecule has 0 spiro atoms. The van der Waals surface area contributed by atoms with Crippen LogP contribution in [0.4, 0.5) is 0 Å². The molecule has 1 atom stereocenters. The van der Waals surface area contributed by atoms with Crippen molar-refractivity contribution in [2.45, 2.75) is 38.2 Å². The predicted octanol–water partition coefficient (Wildman–Crippen LogP) is 1.38. The lowest BCUT2D eigenvalue weighted by atomic mass is 9.93. The molecule has 0 bridgehead atoms. The van der Waals surface area contributed by atoms with E-state index in [2.05, 4.69) is 4.72 Å². The molecule has 0 aromatic heterocycles. The molecule has 1 aromatic carbocycles. The molecule has 0 amide bonds. The maximum Gasteiger partial charge on any atom is 0.335 e. The lowest BCUT2D eigenvalue weighted by Crippen LogP contribution is -2.44. The van der Waals surface area contributed by atoms with Crippen molar-refractivity contribution in [3.8, 4) is 0 Å². The third kappa shape index (κ3) is 4.26. The van der Waals surface area contributed by atoms with E-state index in [4.69, 9.17) is 5.11 Å². The molecule has 0 aliphatic rings. The first-order valence-electron chi connectivity index (χ1n) is 6.53. The van der Waals surface area contributed by atoms with Crippen molar-refractivity contribution in [2.24, 2.45) is 5.92 Å². The Kier molecular flexibility index (Phi) is 5.14. The van der Waals surface area contributed by atoms with E-state index in [1.807, 2.05) is 0 Å². The van der Waals surface area contributed by atoms with Gasteiger partial charge in [-0.3, -0.25) is 0 Å². The van der Waals surface area contributed by atoms with Gasteiger partial charge in [0.1, 0.15) is 0 Å². The number of benzene rings is 1. The molecule has 0 saturated carbocycles. The van der Waals surface area contributed by atoms with E-state index in [0.29, 0.717) is 5.56 Å². The zero-order valence-corrected chi connectivity index (χ0v) is 13.4. The highest BCUT2D eigenvalue weighted by Crippen LogP contribution is 2.18. The zero-order valence-electron chi connectivity index (χ0n) is 12.5. The third-order valence-corrected chi connectivity index (χ3v) is 5.01. The smallest absolute Gasteiger partial charge is 0.335 e. The molecule has 3 N–H and O–H groups in total. The monoisotopic (exact) mass is 315 g/mol. The van der Waals surface area contributed by atoms with Crippen molar-refractivity contribution in [3.05, 3.63) is 29.3 Å². The SMILES string of the molecule is Cc1ccc(S(=O)(=O)NCC(C)(O)C(C)C)cc1C(=O)O. The number of hydrogen-bond donors (Lipinski definition) is 3. The summed E-state index contributed by atoms with van der Waals surface area (Å²) in [4.78, 5) is 10.9. The van der Waals surface area contributed by atoms with E-state index >= 15 is 0 Å². The molecule has 0 heterocycles. The van der Waals surface area contributed by atoms with Gasteiger partial charge in [-0.15, -0.1) is 0 Å². The fraction of sp³-hybridized carbons (Fsp3) is 0.500. The van der Waals surface area contributed by atoms with E-state index in [9.17, 15) is 18.3 Å². The van der Waals surface area contributed by atoms with Crippen LogP contribution < -0.4 is 4.72 Å². The molecule has 1 unspecified atom stereocenters. The molecule has 0 saturated heterocycles. The minimum Gasteiger partial charge on any atom is -0.478 e. The summed E-state index contributed by atoms with van der Waals surface area (Å²) in [5, 5.41) is 19.1. The third-order valence-electron chi connectivity index (χ3n) is 3.61. The van der Waals surface area contributed by atoms with Gasteiger partial charge in [0.05, 0.1) is 16.1 Å². The van der Waals surface area contributed by atoms with Crippen LogP contribution in [0.1, 0.15) is 36.7 Å². The highest BCUT2D eigenvalue weighted by molar-refractivity contribution is 7.89. The number of aryl methyl sites for hydroxylation is 1. The predicted molar refractivity (Wildman–Crippen MR) is 78.8 cm³/mol. The minimum atomic E-state index is -3.87. The number of hydrogen-bond acceptors (Lipinski definition) is 4. The van der Waals surface area contributed by atoms with Gasteiger partial charge < -0.3 is 10.2 Å². The summed E-state index contributed by atoms with van der Waals surface area (Å²) in [5.41, 5.74) is -0.767. The second kappa shape index (κ2) is 6.13. The lowest BCUT2D eigenvalue weighted by Gasteiger charge is -2.27. The molecule has 7 heteroatoms. The molecule has 0 fully saturated rings. The first-order valence-corrected chi connectivity index (χ1v) is 8.01. The van der Waals surface area contributed by atoms with Crippen molar-refractivity contribution >= 4 is 16.0 Å². The first kappa shape index (κ1) is 17.6. The zero-order chi connectivity index (χ0) is 16.4. The van der Waals surface area contributed by atoms with Gasteiger partial charge in [0.2, 0.25) is 10.0 Å². The molecule has 1 aromatic rings. The van der Waals surface area contributed by atoms with Crippen molar-refractivity contribution in [3.63, 3.8) is 0 Å². The Hall–Kier alpha value is -1.44. The summed E-state index contributed by atoms with van der Waals surface area (Å²) in [7, 11) is -3.87. The number of carbonyl (C=O) groups is 1. The molecule has 6 nitrogen and oxygen atoms in total. The van der Waals surface area contributed by atoms with Crippen molar-refractivity contribution < 1.29 is 23.4 Å². The van der Waals surface area contributed by atoms with Crippen LogP contribution >= 0.6 is 0 Å². The summed E-state index contributed by atoms with van der Waals surface area (Å²) in [6, 6.07) is 3.90. The van der Waals surface area contributed by atoms with Gasteiger partial charge in [-0.05, 0) is 37.5 Å². The highest BCUT2D eigenvalue weighted by Gasteiger charge is 2.27. The summed E-state index contributed by atoms with van der Waals surface area (Å²) < 4.78 is 26.7. The normalized spacial score (nSPS) is 15.0. The van der Waals surface area contributed by atoms with Crippen LogP contribution in [0.5, 0.6) is 0 Å². The van der Waals surface area contributed by atoms with Crippen LogP contribution in [-0.4, -0.2) is 36.7 Å². The van der Waals surface area contributed by atoms with E-state index in [0.717, 1.165) is 6.07 Å². The van der Waals surface area contributed by atoms with Crippen LogP contribution in [-0.2, 0) is 10.0 Å². The van der Waals surface area contributed by atoms with Crippen LogP contribution in [0.3, 0.4) is 0 Å². The molecular formula is C14H21NO5S. The molecule has 118 valence electrons. The molecular weight excluding hydrogens is 294 g/mol. The van der Waals surface area contributed by atoms with E-state index < -0.39 is 21.6 Å². The standard InChI is InChI=1S/C14H21NO5S/c1-9(2)14(4,18)8-15-21(19,20)11-6-5-10(3)12(7-11)13(16)17/h5-7,9,15,18H,8H2,1-4H3,(H,16,17). The highest BCUT2D eigenvalue weighted by atomic mass is 32.2. The Bertz CT molecular complexity index is 635. The van der Waals surface area contributed by atoms with E-state index in [1.54, 1.807) is 20.8 Å². The topological polar surface area (TPSA) is 104 Å². The van der Waals surface area contributed by atoms with Crippen LogP contribution in [0.15, 0.2) is 23.1 Å². The van der Waals surface area contributed by atoms with E-state index in [-0.39, 0.29) is 22.9 Å². The summed E-state index contributed by atoms with van der Waals surface area (Å²) in [5.74, 6) is -1.31. The van der Waals surface area contributed by atoms with Gasteiger partial charge in [0.25, 0.3) is 0 Å². The number of carboxylic acids is 1. The number of carboxylic acid groups (broad SMARTS) is 1. The molecule has 21 heavy (non-hydrogen) atoms. The average molecular weight is 315 g/mol. The molecule has 1 rings (SSSR count). The lowest BCUT2D eigenvalue weighted by molar-refractivity contribution is 0.0190. The number of aliphatic hydroxyl groups is 1. The quantitative estimate of drug-likeness (QED) is 0.736. The number of rotatable bonds is 6. The van der Waals surface area contributed by atoms with Gasteiger partial charge in [0, 0.05) is 6.54 Å². The van der Waals surface area contributed by atoms with Crippen LogP contribution in [0, 0.1) is 12.8 Å². The van der Waals surface area contributed by atoms with Gasteiger partial charge in [0.15, 0.2) is 0 Å². The maximum atomic E-state index is 12.2. The van der Waals surface area contributed by atoms with Crippen molar-refractivity contribution in [1.29, 1.82) is 0 Å². The molecule has 0 radical (unpaired) electrons. The second-order valence-corrected chi connectivity index (χ2v) is 7.39. The second-order valence-electron chi connectivity index (χ2n) is 5.62. The van der Waals surface area contributed by atoms with Crippen LogP contribution in [0.2, 0.25) is 0 Å². The number of aromatic carboxylic acids is 1. The van der Waals surface area contributed by atoms with Crippen molar-refractivity contribution in [1.82, 2.24) is 4.72 Å². The van der Waals surface area contributed by atoms with Gasteiger partial charge >= 0.3 is 5.97 Å². The van der Waals surface area contributed by atoms with Crippen LogP contribution in [0.25, 0.3) is 0 Å².